The van der Waals surface area contributed by atoms with Gasteiger partial charge in [0.05, 0.1) is 0 Å². The van der Waals surface area contributed by atoms with Gasteiger partial charge in [-0.05, 0) is 18.7 Å². The van der Waals surface area contributed by atoms with Crippen molar-refractivity contribution in [2.75, 3.05) is 0 Å². The summed E-state index contributed by atoms with van der Waals surface area (Å²) in [5.74, 6) is -0.840. The molecular weight excluding hydrogens is 244 g/mol. The quantitative estimate of drug-likeness (QED) is 0.760. The van der Waals surface area contributed by atoms with E-state index in [2.05, 4.69) is 4.43 Å². The second-order valence-electron chi connectivity index (χ2n) is 2.43. The number of para-hydroxylation sites is 1. The standard InChI is InChI=1S/C8H9O4Si.Fe/c1-13(11)12-8(10)6-4-2-3-5-7(6)9;/h2-5,9,11H,1H3;. The number of benzene rings is 1. The summed E-state index contributed by atoms with van der Waals surface area (Å²) in [6, 6.07) is 6.02. The second-order valence-corrected chi connectivity index (χ2v) is 3.67. The van der Waals surface area contributed by atoms with E-state index in [-0.39, 0.29) is 28.4 Å². The smallest absolute Gasteiger partial charge is 0.453 e. The monoisotopic (exact) mass is 253 g/mol. The number of phenolic OH excluding ortho intramolecular Hbond substituents is 1. The van der Waals surface area contributed by atoms with Gasteiger partial charge in [0.15, 0.2) is 0 Å². The van der Waals surface area contributed by atoms with Crippen molar-refractivity contribution >= 4 is 15.3 Å². The van der Waals surface area contributed by atoms with Gasteiger partial charge < -0.3 is 14.3 Å². The van der Waals surface area contributed by atoms with Crippen molar-refractivity contribution in [1.29, 1.82) is 0 Å². The molecular formula is C8H9FeO4Si. The zero-order chi connectivity index (χ0) is 9.84. The molecule has 77 valence electrons. The first-order chi connectivity index (χ1) is 6.11. The fourth-order valence-electron chi connectivity index (χ4n) is 0.835. The first-order valence-electron chi connectivity index (χ1n) is 3.64. The number of hydrogen-bond donors (Lipinski definition) is 2. The maximum atomic E-state index is 11.2. The van der Waals surface area contributed by atoms with Crippen LogP contribution in [0.4, 0.5) is 0 Å². The van der Waals surface area contributed by atoms with E-state index >= 15 is 0 Å². The zero-order valence-corrected chi connectivity index (χ0v) is 9.48. The molecule has 0 saturated heterocycles. The minimum absolute atomic E-state index is 0. The van der Waals surface area contributed by atoms with Crippen LogP contribution in [0.2, 0.25) is 6.55 Å². The van der Waals surface area contributed by atoms with Crippen molar-refractivity contribution in [3.8, 4) is 5.75 Å². The van der Waals surface area contributed by atoms with Gasteiger partial charge in [0.2, 0.25) is 0 Å². The fourth-order valence-corrected chi connectivity index (χ4v) is 1.21. The molecule has 0 unspecified atom stereocenters. The summed E-state index contributed by atoms with van der Waals surface area (Å²) in [5.41, 5.74) is 0.0703. The van der Waals surface area contributed by atoms with Gasteiger partial charge in [0, 0.05) is 17.1 Å². The summed E-state index contributed by atoms with van der Waals surface area (Å²) in [6.07, 6.45) is 0. The summed E-state index contributed by atoms with van der Waals surface area (Å²) in [7, 11) is -2.06. The molecule has 1 radical (unpaired) electrons. The van der Waals surface area contributed by atoms with Gasteiger partial charge in [-0.1, -0.05) is 12.1 Å². The third kappa shape index (κ3) is 3.51. The number of phenols is 1. The van der Waals surface area contributed by atoms with Crippen LogP contribution in [0.15, 0.2) is 24.3 Å². The summed E-state index contributed by atoms with van der Waals surface area (Å²) >= 11 is 0. The van der Waals surface area contributed by atoms with Gasteiger partial charge in [-0.3, -0.25) is 0 Å². The number of hydrogen-bond acceptors (Lipinski definition) is 4. The molecule has 1 aromatic rings. The van der Waals surface area contributed by atoms with Gasteiger partial charge >= 0.3 is 15.3 Å². The third-order valence-corrected chi connectivity index (χ3v) is 1.85. The molecule has 1 rings (SSSR count). The normalized spacial score (nSPS) is 9.36. The molecule has 1 aromatic carbocycles. The van der Waals surface area contributed by atoms with Crippen LogP contribution in [0.3, 0.4) is 0 Å². The molecule has 0 saturated carbocycles. The van der Waals surface area contributed by atoms with Crippen LogP contribution in [-0.4, -0.2) is 25.2 Å². The predicted molar refractivity (Wildman–Crippen MR) is 47.4 cm³/mol. The van der Waals surface area contributed by atoms with Crippen molar-refractivity contribution in [2.45, 2.75) is 6.55 Å². The summed E-state index contributed by atoms with van der Waals surface area (Å²) < 4.78 is 4.58. The second kappa shape index (κ2) is 5.82. The maximum absolute atomic E-state index is 11.2. The number of aromatic hydroxyl groups is 1. The molecule has 0 fully saturated rings. The first kappa shape index (κ1) is 13.2. The van der Waals surface area contributed by atoms with Crippen LogP contribution in [0, 0.1) is 0 Å². The van der Waals surface area contributed by atoms with E-state index in [9.17, 15) is 9.90 Å². The van der Waals surface area contributed by atoms with Crippen LogP contribution in [0.1, 0.15) is 10.4 Å². The zero-order valence-electron chi connectivity index (χ0n) is 7.37. The van der Waals surface area contributed by atoms with Crippen molar-refractivity contribution in [3.05, 3.63) is 29.8 Å². The Morgan fingerprint density at radius 3 is 2.50 bits per heavy atom. The molecule has 0 spiro atoms. The van der Waals surface area contributed by atoms with E-state index in [0.717, 1.165) is 0 Å². The van der Waals surface area contributed by atoms with E-state index < -0.39 is 15.3 Å². The molecule has 0 atom stereocenters. The average molecular weight is 253 g/mol. The van der Waals surface area contributed by atoms with Crippen molar-refractivity contribution in [3.63, 3.8) is 0 Å². The molecule has 6 heteroatoms. The van der Waals surface area contributed by atoms with Crippen LogP contribution in [0.5, 0.6) is 5.75 Å². The molecule has 0 amide bonds. The van der Waals surface area contributed by atoms with Gasteiger partial charge in [0.1, 0.15) is 11.3 Å². The number of carbonyl (C=O) groups excluding carboxylic acids is 1. The Bertz CT molecular complexity index is 316. The number of rotatable bonds is 2. The van der Waals surface area contributed by atoms with E-state index in [1.54, 1.807) is 12.1 Å². The molecule has 0 bridgehead atoms. The first-order valence-corrected chi connectivity index (χ1v) is 5.49. The van der Waals surface area contributed by atoms with Crippen molar-refractivity contribution < 1.29 is 36.2 Å². The predicted octanol–water partition coefficient (Wildman–Crippen LogP) is 0.657. The molecule has 0 aliphatic rings. The Hall–Kier alpha value is -0.814. The SMILES string of the molecule is C[Si](O)OC(=O)c1ccccc1O.[Fe]. The Morgan fingerprint density at radius 2 is 2.00 bits per heavy atom. The average Bonchev–Trinajstić information content (AvgIpc) is 2.03. The van der Waals surface area contributed by atoms with Crippen LogP contribution >= 0.6 is 0 Å². The Balaban J connectivity index is 0.00000169. The fraction of sp³-hybridized carbons (Fsp3) is 0.125. The molecule has 2 N–H and O–H groups in total. The summed E-state index contributed by atoms with van der Waals surface area (Å²) in [5, 5.41) is 9.22. The molecule has 4 nitrogen and oxygen atoms in total. The van der Waals surface area contributed by atoms with E-state index in [1.165, 1.54) is 18.7 Å². The van der Waals surface area contributed by atoms with Crippen molar-refractivity contribution in [2.24, 2.45) is 0 Å². The van der Waals surface area contributed by atoms with Gasteiger partial charge in [-0.25, -0.2) is 4.79 Å². The van der Waals surface area contributed by atoms with E-state index in [4.69, 9.17) is 4.80 Å². The summed E-state index contributed by atoms with van der Waals surface area (Å²) in [6.45, 7) is 1.42. The largest absolute Gasteiger partial charge is 0.507 e. The topological polar surface area (TPSA) is 66.8 Å². The Morgan fingerprint density at radius 1 is 1.43 bits per heavy atom. The Labute approximate surface area is 93.8 Å². The molecule has 0 heterocycles. The van der Waals surface area contributed by atoms with E-state index in [1.807, 2.05) is 0 Å². The molecule has 0 aliphatic heterocycles. The van der Waals surface area contributed by atoms with Gasteiger partial charge in [-0.15, -0.1) is 0 Å². The number of carbonyl (C=O) groups is 1. The molecule has 0 aromatic heterocycles. The molecule has 0 aliphatic carbocycles. The Kier molecular flexibility index (Phi) is 5.48. The van der Waals surface area contributed by atoms with Gasteiger partial charge in [0.25, 0.3) is 0 Å². The van der Waals surface area contributed by atoms with E-state index in [0.29, 0.717) is 0 Å². The minimum atomic E-state index is -2.06. The molecule has 14 heavy (non-hydrogen) atoms. The van der Waals surface area contributed by atoms with Crippen LogP contribution in [-0.2, 0) is 21.5 Å². The van der Waals surface area contributed by atoms with Gasteiger partial charge in [-0.2, -0.15) is 0 Å². The maximum Gasteiger partial charge on any atom is 0.453 e. The van der Waals surface area contributed by atoms with Crippen LogP contribution < -0.4 is 0 Å². The summed E-state index contributed by atoms with van der Waals surface area (Å²) in [4.78, 5) is 20.0. The minimum Gasteiger partial charge on any atom is -0.507 e. The third-order valence-electron chi connectivity index (χ3n) is 1.36. The van der Waals surface area contributed by atoms with Crippen molar-refractivity contribution in [1.82, 2.24) is 0 Å². The van der Waals surface area contributed by atoms with Crippen LogP contribution in [0.25, 0.3) is 0 Å².